The maximum atomic E-state index is 12.3. The largest absolute Gasteiger partial charge is 0.494 e. The molecule has 1 unspecified atom stereocenters. The summed E-state index contributed by atoms with van der Waals surface area (Å²) in [5.41, 5.74) is 1.27. The van der Waals surface area contributed by atoms with Crippen LogP contribution in [0.25, 0.3) is 0 Å². The SMILES string of the molecule is CC(=O)c1ccc(OCCCN2CCCC2NC(=O)c2cccnc2)cc1. The van der Waals surface area contributed by atoms with Crippen molar-refractivity contribution in [2.45, 2.75) is 32.4 Å². The van der Waals surface area contributed by atoms with Gasteiger partial charge in [-0.05, 0) is 62.6 Å². The molecule has 6 heteroatoms. The van der Waals surface area contributed by atoms with Crippen molar-refractivity contribution in [3.63, 3.8) is 0 Å². The topological polar surface area (TPSA) is 71.5 Å². The Bertz CT molecular complexity index is 762. The molecule has 1 aromatic heterocycles. The summed E-state index contributed by atoms with van der Waals surface area (Å²) in [5, 5.41) is 3.09. The Morgan fingerprint density at radius 2 is 2.04 bits per heavy atom. The molecular formula is C21H25N3O3. The number of nitrogens with one attached hydrogen (secondary N) is 1. The van der Waals surface area contributed by atoms with E-state index in [1.54, 1.807) is 43.6 Å². The number of ether oxygens (including phenoxy) is 1. The van der Waals surface area contributed by atoms with Crippen molar-refractivity contribution in [3.8, 4) is 5.75 Å². The number of benzene rings is 1. The summed E-state index contributed by atoms with van der Waals surface area (Å²) >= 11 is 0. The second kappa shape index (κ2) is 9.28. The number of amides is 1. The number of aromatic nitrogens is 1. The molecule has 0 radical (unpaired) electrons. The zero-order valence-electron chi connectivity index (χ0n) is 15.6. The molecule has 1 atom stereocenters. The predicted molar refractivity (Wildman–Crippen MR) is 103 cm³/mol. The van der Waals surface area contributed by atoms with E-state index in [1.165, 1.54) is 0 Å². The number of likely N-dealkylation sites (tertiary alicyclic amines) is 1. The summed E-state index contributed by atoms with van der Waals surface area (Å²) in [6, 6.07) is 10.7. The Kier molecular flexibility index (Phi) is 6.54. The zero-order valence-corrected chi connectivity index (χ0v) is 15.6. The van der Waals surface area contributed by atoms with E-state index in [4.69, 9.17) is 4.74 Å². The number of nitrogens with zero attached hydrogens (tertiary/aromatic N) is 2. The van der Waals surface area contributed by atoms with Crippen LogP contribution in [0.15, 0.2) is 48.8 Å². The highest BCUT2D eigenvalue weighted by atomic mass is 16.5. The van der Waals surface area contributed by atoms with E-state index in [1.807, 2.05) is 12.1 Å². The van der Waals surface area contributed by atoms with Gasteiger partial charge in [-0.3, -0.25) is 19.5 Å². The van der Waals surface area contributed by atoms with E-state index >= 15 is 0 Å². The van der Waals surface area contributed by atoms with Crippen LogP contribution in [-0.2, 0) is 0 Å². The predicted octanol–water partition coefficient (Wildman–Crippen LogP) is 2.91. The molecule has 3 rings (SSSR count). The highest BCUT2D eigenvalue weighted by Gasteiger charge is 2.25. The van der Waals surface area contributed by atoms with E-state index < -0.39 is 0 Å². The van der Waals surface area contributed by atoms with Crippen LogP contribution in [0.1, 0.15) is 46.9 Å². The molecule has 2 heterocycles. The van der Waals surface area contributed by atoms with Gasteiger partial charge in [0.05, 0.1) is 18.3 Å². The van der Waals surface area contributed by atoms with E-state index in [0.717, 1.165) is 38.1 Å². The van der Waals surface area contributed by atoms with Gasteiger partial charge in [-0.1, -0.05) is 0 Å². The van der Waals surface area contributed by atoms with E-state index in [2.05, 4.69) is 15.2 Å². The summed E-state index contributed by atoms with van der Waals surface area (Å²) < 4.78 is 5.75. The molecule has 1 saturated heterocycles. The third kappa shape index (κ3) is 5.37. The van der Waals surface area contributed by atoms with Crippen LogP contribution in [-0.4, -0.2) is 47.4 Å². The van der Waals surface area contributed by atoms with Crippen molar-refractivity contribution in [2.24, 2.45) is 0 Å². The normalized spacial score (nSPS) is 16.9. The van der Waals surface area contributed by atoms with Gasteiger partial charge in [-0.15, -0.1) is 0 Å². The molecule has 1 aromatic carbocycles. The van der Waals surface area contributed by atoms with Crippen molar-refractivity contribution in [1.82, 2.24) is 15.2 Å². The standard InChI is InChI=1S/C21H25N3O3/c1-16(25)17-7-9-19(10-8-17)27-14-4-13-24-12-3-6-20(24)23-21(26)18-5-2-11-22-15-18/h2,5,7-11,15,20H,3-4,6,12-14H2,1H3,(H,23,26). The first-order chi connectivity index (χ1) is 13.1. The molecule has 27 heavy (non-hydrogen) atoms. The fourth-order valence-corrected chi connectivity index (χ4v) is 3.23. The number of hydrogen-bond acceptors (Lipinski definition) is 5. The molecule has 1 aliphatic rings. The average molecular weight is 367 g/mol. The third-order valence-corrected chi connectivity index (χ3v) is 4.70. The Balaban J connectivity index is 1.42. The van der Waals surface area contributed by atoms with Gasteiger partial charge in [-0.2, -0.15) is 0 Å². The molecule has 1 N–H and O–H groups in total. The maximum absolute atomic E-state index is 12.3. The minimum Gasteiger partial charge on any atom is -0.494 e. The fourth-order valence-electron chi connectivity index (χ4n) is 3.23. The zero-order chi connectivity index (χ0) is 19.1. The Hall–Kier alpha value is -2.73. The van der Waals surface area contributed by atoms with E-state index in [9.17, 15) is 9.59 Å². The molecule has 142 valence electrons. The van der Waals surface area contributed by atoms with Crippen molar-refractivity contribution in [1.29, 1.82) is 0 Å². The number of carbonyl (C=O) groups excluding carboxylic acids is 2. The number of ketones is 1. The number of rotatable bonds is 8. The Morgan fingerprint density at radius 3 is 2.74 bits per heavy atom. The lowest BCUT2D eigenvalue weighted by molar-refractivity contribution is 0.0882. The third-order valence-electron chi connectivity index (χ3n) is 4.70. The molecule has 6 nitrogen and oxygen atoms in total. The van der Waals surface area contributed by atoms with Gasteiger partial charge in [0.15, 0.2) is 5.78 Å². The minimum absolute atomic E-state index is 0.0509. The minimum atomic E-state index is -0.0817. The Morgan fingerprint density at radius 1 is 1.22 bits per heavy atom. The number of carbonyl (C=O) groups is 2. The van der Waals surface area contributed by atoms with Gasteiger partial charge in [0.1, 0.15) is 5.75 Å². The fraction of sp³-hybridized carbons (Fsp3) is 0.381. The van der Waals surface area contributed by atoms with Crippen LogP contribution in [0.5, 0.6) is 5.75 Å². The summed E-state index contributed by atoms with van der Waals surface area (Å²) in [5.74, 6) is 0.736. The summed E-state index contributed by atoms with van der Waals surface area (Å²) in [6.07, 6.45) is 6.21. The van der Waals surface area contributed by atoms with Crippen LogP contribution < -0.4 is 10.1 Å². The molecule has 1 amide bonds. The Labute approximate surface area is 159 Å². The van der Waals surface area contributed by atoms with Gasteiger partial charge < -0.3 is 10.1 Å². The van der Waals surface area contributed by atoms with Crippen LogP contribution in [0.2, 0.25) is 0 Å². The van der Waals surface area contributed by atoms with Crippen LogP contribution in [0.4, 0.5) is 0 Å². The number of Topliss-reactive ketones (excluding diaryl/α,β-unsaturated/α-hetero) is 1. The second-order valence-electron chi connectivity index (χ2n) is 6.69. The molecule has 0 bridgehead atoms. The van der Waals surface area contributed by atoms with E-state index in [0.29, 0.717) is 17.7 Å². The van der Waals surface area contributed by atoms with Crippen molar-refractivity contribution < 1.29 is 14.3 Å². The summed E-state index contributed by atoms with van der Waals surface area (Å²) in [7, 11) is 0. The first-order valence-electron chi connectivity index (χ1n) is 9.32. The monoisotopic (exact) mass is 367 g/mol. The summed E-state index contributed by atoms with van der Waals surface area (Å²) in [6.45, 7) is 3.99. The molecule has 1 fully saturated rings. The summed E-state index contributed by atoms with van der Waals surface area (Å²) in [4.78, 5) is 29.9. The van der Waals surface area contributed by atoms with Crippen molar-refractivity contribution >= 4 is 11.7 Å². The van der Waals surface area contributed by atoms with Crippen LogP contribution >= 0.6 is 0 Å². The molecule has 1 aliphatic heterocycles. The van der Waals surface area contributed by atoms with Gasteiger partial charge in [-0.25, -0.2) is 0 Å². The van der Waals surface area contributed by atoms with Crippen LogP contribution in [0.3, 0.4) is 0 Å². The van der Waals surface area contributed by atoms with Gasteiger partial charge in [0.25, 0.3) is 5.91 Å². The van der Waals surface area contributed by atoms with E-state index in [-0.39, 0.29) is 17.9 Å². The first kappa shape index (κ1) is 19.0. The molecule has 0 saturated carbocycles. The molecular weight excluding hydrogens is 342 g/mol. The smallest absolute Gasteiger partial charge is 0.254 e. The van der Waals surface area contributed by atoms with Gasteiger partial charge >= 0.3 is 0 Å². The van der Waals surface area contributed by atoms with Crippen molar-refractivity contribution in [2.75, 3.05) is 19.7 Å². The van der Waals surface area contributed by atoms with Gasteiger partial charge in [0.2, 0.25) is 0 Å². The number of pyridine rings is 1. The highest BCUT2D eigenvalue weighted by molar-refractivity contribution is 5.94. The maximum Gasteiger partial charge on any atom is 0.254 e. The lowest BCUT2D eigenvalue weighted by Gasteiger charge is -2.25. The molecule has 2 aromatic rings. The molecule has 0 spiro atoms. The van der Waals surface area contributed by atoms with Crippen LogP contribution in [0, 0.1) is 0 Å². The van der Waals surface area contributed by atoms with Crippen molar-refractivity contribution in [3.05, 3.63) is 59.9 Å². The number of hydrogen-bond donors (Lipinski definition) is 1. The second-order valence-corrected chi connectivity index (χ2v) is 6.69. The first-order valence-corrected chi connectivity index (χ1v) is 9.32. The quantitative estimate of drug-likeness (QED) is 0.574. The lowest BCUT2D eigenvalue weighted by Crippen LogP contribution is -2.44. The van der Waals surface area contributed by atoms with Gasteiger partial charge in [0, 0.05) is 31.0 Å². The average Bonchev–Trinajstić information content (AvgIpc) is 3.13. The highest BCUT2D eigenvalue weighted by Crippen LogP contribution is 2.17. The molecule has 0 aliphatic carbocycles. The lowest BCUT2D eigenvalue weighted by atomic mass is 10.1.